The maximum absolute atomic E-state index is 12.9. The van der Waals surface area contributed by atoms with Crippen LogP contribution < -0.4 is 5.73 Å². The molecule has 4 rings (SSSR count). The fourth-order valence-corrected chi connectivity index (χ4v) is 5.03. The Morgan fingerprint density at radius 2 is 1.77 bits per heavy atom. The molecule has 1 aromatic carbocycles. The monoisotopic (exact) mass is 434 g/mol. The van der Waals surface area contributed by atoms with Gasteiger partial charge in [-0.3, -0.25) is 14.6 Å². The normalized spacial score (nSPS) is 15.1. The number of Topliss-reactive ketones (excluding diaryl/α,β-unsaturated/α-hetero) is 1. The molecule has 1 amide bonds. The molecule has 1 saturated heterocycles. The summed E-state index contributed by atoms with van der Waals surface area (Å²) in [6.45, 7) is 2.31. The lowest BCUT2D eigenvalue weighted by molar-refractivity contribution is 0.0991. The highest BCUT2D eigenvalue weighted by Crippen LogP contribution is 2.29. The summed E-state index contributed by atoms with van der Waals surface area (Å²) in [5.41, 5.74) is 8.44. The second-order valence-corrected chi connectivity index (χ2v) is 9.22. The van der Waals surface area contributed by atoms with E-state index in [4.69, 9.17) is 5.73 Å². The van der Waals surface area contributed by atoms with Gasteiger partial charge < -0.3 is 10.6 Å². The lowest BCUT2D eigenvalue weighted by Gasteiger charge is -2.28. The van der Waals surface area contributed by atoms with Gasteiger partial charge in [0.1, 0.15) is 10.7 Å². The molecule has 2 N–H and O–H groups in total. The summed E-state index contributed by atoms with van der Waals surface area (Å²) in [4.78, 5) is 36.1. The van der Waals surface area contributed by atoms with Crippen molar-refractivity contribution in [3.05, 3.63) is 70.5 Å². The van der Waals surface area contributed by atoms with Crippen molar-refractivity contribution in [2.45, 2.75) is 25.7 Å². The van der Waals surface area contributed by atoms with Crippen LogP contribution in [0.4, 0.5) is 0 Å². The van der Waals surface area contributed by atoms with Crippen molar-refractivity contribution in [2.75, 3.05) is 20.1 Å². The van der Waals surface area contributed by atoms with Gasteiger partial charge in [0.05, 0.1) is 0 Å². The molecule has 1 aliphatic rings. The number of ketones is 1. The molecular formula is C24H26N4O2S. The number of benzene rings is 1. The van der Waals surface area contributed by atoms with Crippen LogP contribution in [0.1, 0.15) is 44.1 Å². The van der Waals surface area contributed by atoms with Gasteiger partial charge in [0.15, 0.2) is 5.78 Å². The first-order chi connectivity index (χ1) is 15.0. The Kier molecular flexibility index (Phi) is 6.53. The van der Waals surface area contributed by atoms with Crippen molar-refractivity contribution >= 4 is 23.0 Å². The standard InChI is InChI=1S/C24H26N4O2S/c1-28-12-8-17(9-13-28)14-16-2-4-18(5-3-16)20(29)15-21-22(23(25)30)27-24(31-21)19-6-10-26-11-7-19/h2-7,10-11,17H,8-9,12-15H2,1H3,(H2,25,30). The van der Waals surface area contributed by atoms with Crippen LogP contribution in [0, 0.1) is 5.92 Å². The zero-order valence-electron chi connectivity index (χ0n) is 17.6. The third kappa shape index (κ3) is 5.24. The fourth-order valence-electron chi connectivity index (χ4n) is 3.96. The molecule has 2 aromatic heterocycles. The van der Waals surface area contributed by atoms with E-state index in [1.165, 1.54) is 29.7 Å². The summed E-state index contributed by atoms with van der Waals surface area (Å²) in [6.07, 6.45) is 6.93. The van der Waals surface area contributed by atoms with E-state index >= 15 is 0 Å². The van der Waals surface area contributed by atoms with Gasteiger partial charge in [-0.15, -0.1) is 11.3 Å². The number of likely N-dealkylation sites (tertiary alicyclic amines) is 1. The highest BCUT2D eigenvalue weighted by molar-refractivity contribution is 7.15. The summed E-state index contributed by atoms with van der Waals surface area (Å²) < 4.78 is 0. The van der Waals surface area contributed by atoms with E-state index in [0.29, 0.717) is 21.4 Å². The van der Waals surface area contributed by atoms with Gasteiger partial charge in [-0.05, 0) is 63.0 Å². The maximum Gasteiger partial charge on any atom is 0.268 e. The molecular weight excluding hydrogens is 408 g/mol. The van der Waals surface area contributed by atoms with Crippen molar-refractivity contribution < 1.29 is 9.59 Å². The largest absolute Gasteiger partial charge is 0.364 e. The smallest absolute Gasteiger partial charge is 0.268 e. The van der Waals surface area contributed by atoms with Crippen LogP contribution in [-0.4, -0.2) is 46.7 Å². The number of aromatic nitrogens is 2. The molecule has 1 aliphatic heterocycles. The van der Waals surface area contributed by atoms with E-state index in [1.807, 2.05) is 24.3 Å². The molecule has 3 heterocycles. The molecule has 0 atom stereocenters. The second kappa shape index (κ2) is 9.49. The van der Waals surface area contributed by atoms with E-state index in [9.17, 15) is 9.59 Å². The first-order valence-electron chi connectivity index (χ1n) is 10.5. The van der Waals surface area contributed by atoms with Crippen molar-refractivity contribution in [3.63, 3.8) is 0 Å². The van der Waals surface area contributed by atoms with Crippen LogP contribution in [0.2, 0.25) is 0 Å². The average molecular weight is 435 g/mol. The number of primary amides is 1. The van der Waals surface area contributed by atoms with Crippen LogP contribution in [0.3, 0.4) is 0 Å². The number of hydrogen-bond acceptors (Lipinski definition) is 6. The van der Waals surface area contributed by atoms with Crippen molar-refractivity contribution in [1.82, 2.24) is 14.9 Å². The van der Waals surface area contributed by atoms with E-state index < -0.39 is 5.91 Å². The maximum atomic E-state index is 12.9. The molecule has 160 valence electrons. The van der Waals surface area contributed by atoms with Gasteiger partial charge in [0.25, 0.3) is 5.91 Å². The van der Waals surface area contributed by atoms with Crippen molar-refractivity contribution in [3.8, 4) is 10.6 Å². The SMILES string of the molecule is CN1CCC(Cc2ccc(C(=O)Cc3sc(-c4ccncc4)nc3C(N)=O)cc2)CC1. The zero-order valence-corrected chi connectivity index (χ0v) is 18.4. The van der Waals surface area contributed by atoms with Crippen molar-refractivity contribution in [1.29, 1.82) is 0 Å². The number of amides is 1. The molecule has 0 unspecified atom stereocenters. The molecule has 1 fully saturated rings. The number of rotatable bonds is 7. The van der Waals surface area contributed by atoms with Crippen LogP contribution >= 0.6 is 11.3 Å². The summed E-state index contributed by atoms with van der Waals surface area (Å²) in [6, 6.07) is 11.5. The summed E-state index contributed by atoms with van der Waals surface area (Å²) in [7, 11) is 2.17. The molecule has 3 aromatic rings. The minimum atomic E-state index is -0.618. The predicted molar refractivity (Wildman–Crippen MR) is 122 cm³/mol. The quantitative estimate of drug-likeness (QED) is 0.574. The van der Waals surface area contributed by atoms with E-state index in [0.717, 1.165) is 25.1 Å². The van der Waals surface area contributed by atoms with Gasteiger partial charge in [0.2, 0.25) is 0 Å². The van der Waals surface area contributed by atoms with Gasteiger partial charge in [-0.1, -0.05) is 24.3 Å². The van der Waals surface area contributed by atoms with Crippen molar-refractivity contribution in [2.24, 2.45) is 11.7 Å². The number of piperidine rings is 1. The van der Waals surface area contributed by atoms with Gasteiger partial charge in [-0.25, -0.2) is 4.98 Å². The Labute approximate surface area is 186 Å². The van der Waals surface area contributed by atoms with Gasteiger partial charge in [0, 0.05) is 34.8 Å². The Morgan fingerprint density at radius 1 is 1.10 bits per heavy atom. The molecule has 7 heteroatoms. The third-order valence-corrected chi connectivity index (χ3v) is 6.92. The number of carbonyl (C=O) groups excluding carboxylic acids is 2. The Morgan fingerprint density at radius 3 is 2.42 bits per heavy atom. The lowest BCUT2D eigenvalue weighted by Crippen LogP contribution is -2.30. The molecule has 0 spiro atoms. The molecule has 0 aliphatic carbocycles. The fraction of sp³-hybridized carbons (Fsp3) is 0.333. The Balaban J connectivity index is 1.45. The number of nitrogens with zero attached hydrogens (tertiary/aromatic N) is 3. The number of thiazole rings is 1. The average Bonchev–Trinajstić information content (AvgIpc) is 3.20. The number of carbonyl (C=O) groups is 2. The minimum absolute atomic E-state index is 0.0433. The van der Waals surface area contributed by atoms with Gasteiger partial charge >= 0.3 is 0 Å². The minimum Gasteiger partial charge on any atom is -0.364 e. The molecule has 31 heavy (non-hydrogen) atoms. The summed E-state index contributed by atoms with van der Waals surface area (Å²) in [5, 5.41) is 0.660. The number of hydrogen-bond donors (Lipinski definition) is 1. The predicted octanol–water partition coefficient (Wildman–Crippen LogP) is 3.61. The Bertz CT molecular complexity index is 1050. The summed E-state index contributed by atoms with van der Waals surface area (Å²) >= 11 is 1.33. The topological polar surface area (TPSA) is 89.2 Å². The zero-order chi connectivity index (χ0) is 21.8. The first kappa shape index (κ1) is 21.3. The van der Waals surface area contributed by atoms with E-state index in [-0.39, 0.29) is 17.9 Å². The Hall–Kier alpha value is -2.90. The number of nitrogens with two attached hydrogens (primary N) is 1. The van der Waals surface area contributed by atoms with Crippen LogP contribution in [0.5, 0.6) is 0 Å². The molecule has 0 radical (unpaired) electrons. The first-order valence-corrected chi connectivity index (χ1v) is 11.3. The second-order valence-electron chi connectivity index (χ2n) is 8.14. The lowest BCUT2D eigenvalue weighted by atomic mass is 9.90. The van der Waals surface area contributed by atoms with Gasteiger partial charge in [-0.2, -0.15) is 0 Å². The van der Waals surface area contributed by atoms with E-state index in [1.54, 1.807) is 12.4 Å². The highest BCUT2D eigenvalue weighted by atomic mass is 32.1. The van der Waals surface area contributed by atoms with Crippen LogP contribution in [-0.2, 0) is 12.8 Å². The van der Waals surface area contributed by atoms with Crippen LogP contribution in [0.15, 0.2) is 48.8 Å². The summed E-state index contributed by atoms with van der Waals surface area (Å²) in [5.74, 6) is 0.0470. The third-order valence-electron chi connectivity index (χ3n) is 5.82. The molecule has 6 nitrogen and oxygen atoms in total. The van der Waals surface area contributed by atoms with Crippen LogP contribution in [0.25, 0.3) is 10.6 Å². The van der Waals surface area contributed by atoms with E-state index in [2.05, 4.69) is 34.0 Å². The molecule has 0 saturated carbocycles. The molecule has 0 bridgehead atoms. The number of pyridine rings is 1. The highest BCUT2D eigenvalue weighted by Gasteiger charge is 2.21.